The fourth-order valence-corrected chi connectivity index (χ4v) is 3.39. The number of hydrogen-bond donors (Lipinski definition) is 2. The third-order valence-electron chi connectivity index (χ3n) is 3.79. The van der Waals surface area contributed by atoms with Crippen LogP contribution in [-0.2, 0) is 6.54 Å². The molecule has 0 saturated heterocycles. The highest BCUT2D eigenvalue weighted by Crippen LogP contribution is 2.30. The van der Waals surface area contributed by atoms with E-state index in [1.807, 2.05) is 42.5 Å². The molecule has 1 aromatic heterocycles. The lowest BCUT2D eigenvalue weighted by Gasteiger charge is -2.13. The Morgan fingerprint density at radius 2 is 1.96 bits per heavy atom. The number of nitrogens with zero attached hydrogens (tertiary/aromatic N) is 1. The number of thiazole rings is 1. The number of nitrogens with one attached hydrogen (secondary N) is 2. The average Bonchev–Trinajstić information content (AvgIpc) is 3.11. The summed E-state index contributed by atoms with van der Waals surface area (Å²) in [6, 6.07) is 14.5. The van der Waals surface area contributed by atoms with E-state index in [2.05, 4.69) is 29.5 Å². The van der Waals surface area contributed by atoms with Crippen molar-refractivity contribution in [1.82, 2.24) is 10.3 Å². The van der Waals surface area contributed by atoms with E-state index in [1.54, 1.807) is 12.3 Å². The zero-order valence-electron chi connectivity index (χ0n) is 15.0. The minimum absolute atomic E-state index is 0.232. The fourth-order valence-electron chi connectivity index (χ4n) is 2.34. The van der Waals surface area contributed by atoms with Crippen LogP contribution in [0.5, 0.6) is 11.5 Å². The van der Waals surface area contributed by atoms with Crippen LogP contribution in [0.15, 0.2) is 54.7 Å². The molecule has 3 aromatic rings. The number of carbonyl (C=O) groups excluding carboxylic acids is 1. The van der Waals surface area contributed by atoms with Gasteiger partial charge < -0.3 is 10.1 Å². The van der Waals surface area contributed by atoms with Crippen LogP contribution in [0.2, 0.25) is 5.02 Å². The van der Waals surface area contributed by atoms with Gasteiger partial charge in [0.25, 0.3) is 0 Å². The molecule has 7 heteroatoms. The Hall–Kier alpha value is -2.57. The minimum atomic E-state index is -0.342. The number of amides is 2. The van der Waals surface area contributed by atoms with Gasteiger partial charge in [-0.3, -0.25) is 5.32 Å². The predicted molar refractivity (Wildman–Crippen MR) is 110 cm³/mol. The third kappa shape index (κ3) is 5.21. The van der Waals surface area contributed by atoms with Gasteiger partial charge in [-0.25, -0.2) is 9.78 Å². The second-order valence-electron chi connectivity index (χ2n) is 6.16. The number of benzene rings is 2. The Morgan fingerprint density at radius 1 is 1.19 bits per heavy atom. The second-order valence-corrected chi connectivity index (χ2v) is 7.63. The standard InChI is InChI=1S/C20H20ClN3O2S/c1-13(2)18-12-23-20(27-18)24-19(25)22-11-15-16(21)9-6-10-17(15)26-14-7-4-3-5-8-14/h3-10,12-13H,11H2,1-2H3,(H2,22,23,24,25). The van der Waals surface area contributed by atoms with Crippen LogP contribution < -0.4 is 15.4 Å². The molecule has 2 aromatic carbocycles. The van der Waals surface area contributed by atoms with Gasteiger partial charge in [-0.05, 0) is 30.2 Å². The zero-order valence-corrected chi connectivity index (χ0v) is 16.6. The molecule has 0 unspecified atom stereocenters. The van der Waals surface area contributed by atoms with Gasteiger partial charge in [-0.2, -0.15) is 0 Å². The van der Waals surface area contributed by atoms with E-state index in [1.165, 1.54) is 11.3 Å². The van der Waals surface area contributed by atoms with Gasteiger partial charge in [-0.15, -0.1) is 11.3 Å². The molecule has 27 heavy (non-hydrogen) atoms. The van der Waals surface area contributed by atoms with E-state index in [0.29, 0.717) is 33.1 Å². The summed E-state index contributed by atoms with van der Waals surface area (Å²) in [5.41, 5.74) is 0.708. The summed E-state index contributed by atoms with van der Waals surface area (Å²) in [7, 11) is 0. The first kappa shape index (κ1) is 19.2. The third-order valence-corrected chi connectivity index (χ3v) is 5.35. The largest absolute Gasteiger partial charge is 0.457 e. The number of urea groups is 1. The highest BCUT2D eigenvalue weighted by atomic mass is 35.5. The molecule has 0 aliphatic carbocycles. The van der Waals surface area contributed by atoms with E-state index in [9.17, 15) is 4.79 Å². The zero-order chi connectivity index (χ0) is 19.2. The van der Waals surface area contributed by atoms with Crippen LogP contribution in [-0.4, -0.2) is 11.0 Å². The molecule has 0 atom stereocenters. The van der Waals surface area contributed by atoms with Crippen molar-refractivity contribution < 1.29 is 9.53 Å². The molecule has 0 fully saturated rings. The minimum Gasteiger partial charge on any atom is -0.457 e. The summed E-state index contributed by atoms with van der Waals surface area (Å²) in [5, 5.41) is 6.65. The number of ether oxygens (including phenoxy) is 1. The van der Waals surface area contributed by atoms with Gasteiger partial charge in [0.15, 0.2) is 5.13 Å². The van der Waals surface area contributed by atoms with Crippen LogP contribution >= 0.6 is 22.9 Å². The molecule has 0 spiro atoms. The van der Waals surface area contributed by atoms with Crippen LogP contribution in [0.25, 0.3) is 0 Å². The molecule has 2 N–H and O–H groups in total. The monoisotopic (exact) mass is 401 g/mol. The molecular formula is C20H20ClN3O2S. The lowest BCUT2D eigenvalue weighted by Crippen LogP contribution is -2.28. The van der Waals surface area contributed by atoms with Gasteiger partial charge >= 0.3 is 6.03 Å². The maximum absolute atomic E-state index is 12.2. The lowest BCUT2D eigenvalue weighted by molar-refractivity contribution is 0.251. The molecular weight excluding hydrogens is 382 g/mol. The first-order valence-corrected chi connectivity index (χ1v) is 9.73. The molecule has 140 valence electrons. The highest BCUT2D eigenvalue weighted by Gasteiger charge is 2.12. The molecule has 0 radical (unpaired) electrons. The summed E-state index contributed by atoms with van der Waals surface area (Å²) >= 11 is 7.78. The Kier molecular flexibility index (Phi) is 6.32. The fraction of sp³-hybridized carbons (Fsp3) is 0.200. The van der Waals surface area contributed by atoms with Crippen molar-refractivity contribution >= 4 is 34.1 Å². The second kappa shape index (κ2) is 8.88. The van der Waals surface area contributed by atoms with Crippen LogP contribution in [0, 0.1) is 0 Å². The number of halogens is 1. The Bertz CT molecular complexity index is 913. The summed E-state index contributed by atoms with van der Waals surface area (Å²) in [6.45, 7) is 4.40. The Balaban J connectivity index is 1.65. The van der Waals surface area contributed by atoms with Crippen LogP contribution in [0.1, 0.15) is 30.2 Å². The average molecular weight is 402 g/mol. The van der Waals surface area contributed by atoms with Gasteiger partial charge in [0, 0.05) is 28.2 Å². The Labute approximate surface area is 167 Å². The van der Waals surface area contributed by atoms with Crippen molar-refractivity contribution in [1.29, 1.82) is 0 Å². The van der Waals surface area contributed by atoms with Crippen molar-refractivity contribution in [3.8, 4) is 11.5 Å². The van der Waals surface area contributed by atoms with Crippen molar-refractivity contribution in [2.45, 2.75) is 26.3 Å². The number of anilines is 1. The number of carbonyl (C=O) groups is 1. The smallest absolute Gasteiger partial charge is 0.321 e. The predicted octanol–water partition coefficient (Wildman–Crippen LogP) is 6.03. The van der Waals surface area contributed by atoms with Gasteiger partial charge in [0.1, 0.15) is 11.5 Å². The molecule has 3 rings (SSSR count). The highest BCUT2D eigenvalue weighted by molar-refractivity contribution is 7.15. The SMILES string of the molecule is CC(C)c1cnc(NC(=O)NCc2c(Cl)cccc2Oc2ccccc2)s1. The summed E-state index contributed by atoms with van der Waals surface area (Å²) in [6.07, 6.45) is 1.78. The van der Waals surface area contributed by atoms with Crippen molar-refractivity contribution in [2.75, 3.05) is 5.32 Å². The molecule has 0 saturated carbocycles. The van der Waals surface area contributed by atoms with E-state index in [4.69, 9.17) is 16.3 Å². The topological polar surface area (TPSA) is 63.2 Å². The van der Waals surface area contributed by atoms with Crippen molar-refractivity contribution in [2.24, 2.45) is 0 Å². The number of aromatic nitrogens is 1. The number of hydrogen-bond acceptors (Lipinski definition) is 4. The van der Waals surface area contributed by atoms with Gasteiger partial charge in [-0.1, -0.05) is 49.7 Å². The van der Waals surface area contributed by atoms with E-state index in [-0.39, 0.29) is 12.6 Å². The van der Waals surface area contributed by atoms with Crippen LogP contribution in [0.3, 0.4) is 0 Å². The van der Waals surface area contributed by atoms with E-state index < -0.39 is 0 Å². The van der Waals surface area contributed by atoms with E-state index >= 15 is 0 Å². The first-order valence-electron chi connectivity index (χ1n) is 8.54. The summed E-state index contributed by atoms with van der Waals surface area (Å²) < 4.78 is 5.90. The number of para-hydroxylation sites is 1. The van der Waals surface area contributed by atoms with E-state index in [0.717, 1.165) is 4.88 Å². The van der Waals surface area contributed by atoms with Crippen LogP contribution in [0.4, 0.5) is 9.93 Å². The molecule has 5 nitrogen and oxygen atoms in total. The molecule has 0 aliphatic heterocycles. The number of rotatable bonds is 6. The van der Waals surface area contributed by atoms with Crippen molar-refractivity contribution in [3.05, 3.63) is 70.2 Å². The molecule has 0 bridgehead atoms. The van der Waals surface area contributed by atoms with Gasteiger partial charge in [0.05, 0.1) is 0 Å². The Morgan fingerprint density at radius 3 is 2.67 bits per heavy atom. The lowest BCUT2D eigenvalue weighted by atomic mass is 10.2. The summed E-state index contributed by atoms with van der Waals surface area (Å²) in [5.74, 6) is 1.68. The molecule has 2 amide bonds. The van der Waals surface area contributed by atoms with Crippen molar-refractivity contribution in [3.63, 3.8) is 0 Å². The maximum atomic E-state index is 12.2. The quantitative estimate of drug-likeness (QED) is 0.529. The normalized spacial score (nSPS) is 10.7. The molecule has 1 heterocycles. The van der Waals surface area contributed by atoms with Gasteiger partial charge in [0.2, 0.25) is 0 Å². The molecule has 0 aliphatic rings. The summed E-state index contributed by atoms with van der Waals surface area (Å²) in [4.78, 5) is 17.5. The first-order chi connectivity index (χ1) is 13.0. The maximum Gasteiger partial charge on any atom is 0.321 e.